The van der Waals surface area contributed by atoms with E-state index in [9.17, 15) is 19.3 Å². The molecule has 0 saturated carbocycles. The smallest absolute Gasteiger partial charge is 0.292 e. The normalized spacial score (nSPS) is 14.4. The molecule has 2 aromatic carbocycles. The number of piperidine rings is 1. The van der Waals surface area contributed by atoms with E-state index in [-0.39, 0.29) is 29.7 Å². The van der Waals surface area contributed by atoms with Gasteiger partial charge in [0.2, 0.25) is 5.91 Å². The van der Waals surface area contributed by atoms with Crippen LogP contribution < -0.4 is 9.80 Å². The van der Waals surface area contributed by atoms with Gasteiger partial charge in [-0.3, -0.25) is 14.9 Å². The lowest BCUT2D eigenvalue weighted by Crippen LogP contribution is -2.43. The molecule has 0 N–H and O–H groups in total. The first-order valence-electron chi connectivity index (χ1n) is 10.1. The molecule has 1 amide bonds. The average molecular weight is 423 g/mol. The number of hydrogen-bond acceptors (Lipinski definition) is 5. The minimum Gasteiger partial charge on any atom is -0.467 e. The second kappa shape index (κ2) is 8.99. The summed E-state index contributed by atoms with van der Waals surface area (Å²) >= 11 is 0. The maximum Gasteiger partial charge on any atom is 0.292 e. The topological polar surface area (TPSA) is 79.8 Å². The average Bonchev–Trinajstić information content (AvgIpc) is 3.31. The molecule has 1 saturated heterocycles. The van der Waals surface area contributed by atoms with Crippen LogP contribution >= 0.6 is 0 Å². The number of amides is 1. The predicted molar refractivity (Wildman–Crippen MR) is 114 cm³/mol. The summed E-state index contributed by atoms with van der Waals surface area (Å²) in [7, 11) is 0. The van der Waals surface area contributed by atoms with E-state index in [4.69, 9.17) is 4.42 Å². The number of benzene rings is 2. The summed E-state index contributed by atoms with van der Waals surface area (Å²) in [4.78, 5) is 27.7. The summed E-state index contributed by atoms with van der Waals surface area (Å²) in [5.41, 5.74) is 0.822. The Morgan fingerprint density at radius 3 is 2.48 bits per heavy atom. The van der Waals surface area contributed by atoms with Gasteiger partial charge in [0.25, 0.3) is 5.69 Å². The molecule has 0 radical (unpaired) electrons. The van der Waals surface area contributed by atoms with Crippen LogP contribution in [0.3, 0.4) is 0 Å². The Bertz CT molecular complexity index is 1060. The van der Waals surface area contributed by atoms with E-state index in [1.165, 1.54) is 23.3 Å². The Kier molecular flexibility index (Phi) is 5.97. The van der Waals surface area contributed by atoms with Gasteiger partial charge in [0.05, 0.1) is 23.4 Å². The number of halogens is 1. The molecule has 8 heteroatoms. The van der Waals surface area contributed by atoms with Crippen molar-refractivity contribution in [1.29, 1.82) is 0 Å². The fourth-order valence-electron chi connectivity index (χ4n) is 3.98. The van der Waals surface area contributed by atoms with Gasteiger partial charge in [-0.25, -0.2) is 4.39 Å². The molecular formula is C23H22FN3O4. The fraction of sp³-hybridized carbons (Fsp3) is 0.261. The minimum atomic E-state index is -0.472. The van der Waals surface area contributed by atoms with E-state index in [0.29, 0.717) is 37.4 Å². The van der Waals surface area contributed by atoms with E-state index in [1.54, 1.807) is 48.5 Å². The van der Waals surface area contributed by atoms with E-state index < -0.39 is 10.7 Å². The van der Waals surface area contributed by atoms with Crippen molar-refractivity contribution in [2.24, 2.45) is 5.92 Å². The van der Waals surface area contributed by atoms with Crippen LogP contribution in [0.5, 0.6) is 0 Å². The number of furan rings is 1. The summed E-state index contributed by atoms with van der Waals surface area (Å²) in [5.74, 6) is -0.397. The number of nitro groups is 1. The van der Waals surface area contributed by atoms with Crippen LogP contribution in [-0.2, 0) is 11.3 Å². The maximum atomic E-state index is 14.5. The molecule has 4 rings (SSSR count). The third-order valence-corrected chi connectivity index (χ3v) is 5.57. The monoisotopic (exact) mass is 423 g/mol. The van der Waals surface area contributed by atoms with Crippen LogP contribution in [0.15, 0.2) is 71.3 Å². The van der Waals surface area contributed by atoms with Crippen LogP contribution in [-0.4, -0.2) is 23.9 Å². The first-order chi connectivity index (χ1) is 15.0. The van der Waals surface area contributed by atoms with E-state index in [0.717, 1.165) is 0 Å². The molecule has 3 aromatic rings. The van der Waals surface area contributed by atoms with Gasteiger partial charge in [-0.2, -0.15) is 0 Å². The summed E-state index contributed by atoms with van der Waals surface area (Å²) in [6, 6.07) is 16.3. The van der Waals surface area contributed by atoms with E-state index in [2.05, 4.69) is 0 Å². The van der Waals surface area contributed by atoms with Gasteiger partial charge in [0.1, 0.15) is 17.3 Å². The number of anilines is 2. The fourth-order valence-corrected chi connectivity index (χ4v) is 3.98. The Morgan fingerprint density at radius 2 is 1.81 bits per heavy atom. The van der Waals surface area contributed by atoms with Crippen LogP contribution in [0, 0.1) is 21.8 Å². The first-order valence-corrected chi connectivity index (χ1v) is 10.1. The van der Waals surface area contributed by atoms with Crippen LogP contribution in [0.25, 0.3) is 0 Å². The lowest BCUT2D eigenvalue weighted by molar-refractivity contribution is -0.384. The second-order valence-electron chi connectivity index (χ2n) is 7.46. The lowest BCUT2D eigenvalue weighted by Gasteiger charge is -2.35. The van der Waals surface area contributed by atoms with Crippen molar-refractivity contribution in [2.45, 2.75) is 19.4 Å². The molecule has 1 fully saturated rings. The molecule has 160 valence electrons. The number of hydrogen-bond donors (Lipinski definition) is 0. The Morgan fingerprint density at radius 1 is 1.10 bits per heavy atom. The molecule has 31 heavy (non-hydrogen) atoms. The van der Waals surface area contributed by atoms with Crippen molar-refractivity contribution in [1.82, 2.24) is 0 Å². The Labute approximate surface area is 178 Å². The quantitative estimate of drug-likeness (QED) is 0.421. The standard InChI is InChI=1S/C23H22FN3O4/c24-19-7-1-2-8-20(19)26(16-18-6-5-15-31-18)23(28)17-11-13-25(14-12-17)21-9-3-4-10-22(21)27(29)30/h1-10,15,17H,11-14,16H2. The predicted octanol–water partition coefficient (Wildman–Crippen LogP) is 4.78. The number of rotatable bonds is 6. The molecule has 0 aliphatic carbocycles. The molecule has 0 bridgehead atoms. The minimum absolute atomic E-state index is 0.0538. The highest BCUT2D eigenvalue weighted by Crippen LogP contribution is 2.33. The second-order valence-corrected chi connectivity index (χ2v) is 7.46. The van der Waals surface area contributed by atoms with Crippen molar-refractivity contribution in [3.05, 3.63) is 88.6 Å². The maximum absolute atomic E-state index is 14.5. The molecule has 0 spiro atoms. The molecule has 0 unspecified atom stereocenters. The third kappa shape index (κ3) is 4.42. The Balaban J connectivity index is 1.52. The molecule has 1 aliphatic heterocycles. The van der Waals surface area contributed by atoms with Gasteiger partial charge in [0.15, 0.2) is 0 Å². The summed E-state index contributed by atoms with van der Waals surface area (Å²) < 4.78 is 19.9. The van der Waals surface area contributed by atoms with Crippen molar-refractivity contribution in [2.75, 3.05) is 22.9 Å². The Hall–Kier alpha value is -3.68. The van der Waals surface area contributed by atoms with Crippen molar-refractivity contribution in [3.63, 3.8) is 0 Å². The van der Waals surface area contributed by atoms with Gasteiger partial charge >= 0.3 is 0 Å². The lowest BCUT2D eigenvalue weighted by atomic mass is 9.94. The highest BCUT2D eigenvalue weighted by atomic mass is 19.1. The van der Waals surface area contributed by atoms with Crippen molar-refractivity contribution >= 4 is 23.0 Å². The van der Waals surface area contributed by atoms with Crippen LogP contribution in [0.4, 0.5) is 21.5 Å². The molecule has 7 nitrogen and oxygen atoms in total. The highest BCUT2D eigenvalue weighted by molar-refractivity contribution is 5.95. The molecular weight excluding hydrogens is 401 g/mol. The molecule has 1 aliphatic rings. The van der Waals surface area contributed by atoms with Gasteiger partial charge < -0.3 is 14.2 Å². The SMILES string of the molecule is O=C(C1CCN(c2ccccc2[N+](=O)[O-])CC1)N(Cc1ccco1)c1ccccc1F. The largest absolute Gasteiger partial charge is 0.467 e. The molecule has 0 atom stereocenters. The van der Waals surface area contributed by atoms with Crippen molar-refractivity contribution in [3.8, 4) is 0 Å². The first kappa shape index (κ1) is 20.6. The summed E-state index contributed by atoms with van der Waals surface area (Å²) in [6.07, 6.45) is 2.56. The van der Waals surface area contributed by atoms with Crippen LogP contribution in [0.2, 0.25) is 0 Å². The van der Waals surface area contributed by atoms with Gasteiger partial charge in [-0.1, -0.05) is 24.3 Å². The van der Waals surface area contributed by atoms with Gasteiger partial charge in [-0.05, 0) is 43.2 Å². The number of carbonyl (C=O) groups is 1. The number of carbonyl (C=O) groups excluding carboxylic acids is 1. The zero-order valence-corrected chi connectivity index (χ0v) is 16.8. The molecule has 1 aromatic heterocycles. The highest BCUT2D eigenvalue weighted by Gasteiger charge is 2.32. The number of para-hydroxylation sites is 3. The number of nitrogens with zero attached hydrogens (tertiary/aromatic N) is 3. The van der Waals surface area contributed by atoms with Gasteiger partial charge in [0, 0.05) is 25.1 Å². The van der Waals surface area contributed by atoms with E-state index >= 15 is 0 Å². The van der Waals surface area contributed by atoms with Crippen molar-refractivity contribution < 1.29 is 18.5 Å². The molecule has 2 heterocycles. The van der Waals surface area contributed by atoms with Crippen LogP contribution in [0.1, 0.15) is 18.6 Å². The summed E-state index contributed by atoms with van der Waals surface area (Å²) in [5, 5.41) is 11.3. The zero-order valence-electron chi connectivity index (χ0n) is 16.8. The number of nitro benzene ring substituents is 1. The van der Waals surface area contributed by atoms with E-state index in [1.807, 2.05) is 4.90 Å². The van der Waals surface area contributed by atoms with Gasteiger partial charge in [-0.15, -0.1) is 0 Å². The zero-order chi connectivity index (χ0) is 21.8. The third-order valence-electron chi connectivity index (χ3n) is 5.57. The summed E-state index contributed by atoms with van der Waals surface area (Å²) in [6.45, 7) is 1.15.